The number of hydrogen-bond donors (Lipinski definition) is 2. The minimum absolute atomic E-state index is 0.187. The van der Waals surface area contributed by atoms with Gasteiger partial charge in [0.05, 0.1) is 4.88 Å². The molecule has 3 aromatic rings. The minimum atomic E-state index is -0.745. The molecule has 0 saturated heterocycles. The first-order chi connectivity index (χ1) is 11.7. The van der Waals surface area contributed by atoms with Crippen molar-refractivity contribution in [3.05, 3.63) is 77.7 Å². The molecule has 24 heavy (non-hydrogen) atoms. The maximum absolute atomic E-state index is 10.5. The summed E-state index contributed by atoms with van der Waals surface area (Å²) in [4.78, 5) is 0.755. The highest BCUT2D eigenvalue weighted by molar-refractivity contribution is 7.19. The van der Waals surface area contributed by atoms with Gasteiger partial charge in [-0.3, -0.25) is 0 Å². The van der Waals surface area contributed by atoms with E-state index in [2.05, 4.69) is 0 Å². The summed E-state index contributed by atoms with van der Waals surface area (Å²) in [7, 11) is 0. The Morgan fingerprint density at radius 1 is 1.04 bits per heavy atom. The quantitative estimate of drug-likeness (QED) is 0.598. The normalized spacial score (nSPS) is 13.1. The molecular formula is C20H18O3S. The molecule has 3 rings (SSSR count). The zero-order chi connectivity index (χ0) is 16.9. The van der Waals surface area contributed by atoms with Crippen molar-refractivity contribution in [2.45, 2.75) is 13.0 Å². The van der Waals surface area contributed by atoms with Crippen molar-refractivity contribution in [2.24, 2.45) is 0 Å². The van der Waals surface area contributed by atoms with Crippen molar-refractivity contribution < 1.29 is 14.9 Å². The lowest BCUT2D eigenvalue weighted by Gasteiger charge is -2.10. The molecule has 1 atom stereocenters. The van der Waals surface area contributed by atoms with Gasteiger partial charge in [0.25, 0.3) is 0 Å². The third-order valence-corrected chi connectivity index (χ3v) is 4.72. The lowest BCUT2D eigenvalue weighted by atomic mass is 10.2. The van der Waals surface area contributed by atoms with Crippen molar-refractivity contribution in [2.75, 3.05) is 0 Å². The molecule has 2 aromatic carbocycles. The SMILES string of the molecule is CC=CC=CC(O)c1sc2ccccc2c1Oc1ccc(O)cc1. The Bertz CT molecular complexity index is 876. The summed E-state index contributed by atoms with van der Waals surface area (Å²) in [6.07, 6.45) is 6.58. The number of allylic oxidation sites excluding steroid dienone is 3. The molecule has 0 fully saturated rings. The Labute approximate surface area is 144 Å². The van der Waals surface area contributed by atoms with Crippen molar-refractivity contribution in [1.82, 2.24) is 0 Å². The van der Waals surface area contributed by atoms with Crippen LogP contribution in [0.2, 0.25) is 0 Å². The molecule has 4 heteroatoms. The summed E-state index contributed by atoms with van der Waals surface area (Å²) in [5.41, 5.74) is 0. The van der Waals surface area contributed by atoms with Gasteiger partial charge in [-0.25, -0.2) is 0 Å². The van der Waals surface area contributed by atoms with Crippen LogP contribution >= 0.6 is 11.3 Å². The molecule has 122 valence electrons. The molecule has 0 aliphatic carbocycles. The predicted molar refractivity (Wildman–Crippen MR) is 98.9 cm³/mol. The molecule has 1 aromatic heterocycles. The second-order valence-electron chi connectivity index (χ2n) is 5.24. The highest BCUT2D eigenvalue weighted by Gasteiger charge is 2.19. The maximum atomic E-state index is 10.5. The van der Waals surface area contributed by atoms with Gasteiger partial charge >= 0.3 is 0 Å². The van der Waals surface area contributed by atoms with Crippen LogP contribution in [-0.4, -0.2) is 10.2 Å². The van der Waals surface area contributed by atoms with Gasteiger partial charge in [-0.05, 0) is 43.3 Å². The molecule has 0 radical (unpaired) electrons. The Morgan fingerprint density at radius 2 is 1.79 bits per heavy atom. The van der Waals surface area contributed by atoms with Crippen LogP contribution in [0.15, 0.2) is 72.8 Å². The number of hydrogen-bond acceptors (Lipinski definition) is 4. The van der Waals surface area contributed by atoms with Crippen LogP contribution in [0.5, 0.6) is 17.2 Å². The molecule has 1 heterocycles. The molecule has 3 nitrogen and oxygen atoms in total. The smallest absolute Gasteiger partial charge is 0.152 e. The number of thiophene rings is 1. The number of aromatic hydroxyl groups is 1. The number of aliphatic hydroxyl groups excluding tert-OH is 1. The zero-order valence-corrected chi connectivity index (χ0v) is 14.0. The first-order valence-electron chi connectivity index (χ1n) is 7.65. The van der Waals surface area contributed by atoms with E-state index in [1.54, 1.807) is 30.3 Å². The van der Waals surface area contributed by atoms with Gasteiger partial charge in [-0.2, -0.15) is 0 Å². The summed E-state index contributed by atoms with van der Waals surface area (Å²) in [5, 5.41) is 20.9. The summed E-state index contributed by atoms with van der Waals surface area (Å²) in [5.74, 6) is 1.45. The van der Waals surface area contributed by atoms with Crippen molar-refractivity contribution in [3.8, 4) is 17.2 Å². The van der Waals surface area contributed by atoms with E-state index in [1.807, 2.05) is 49.4 Å². The van der Waals surface area contributed by atoms with Gasteiger partial charge in [0.2, 0.25) is 0 Å². The summed E-state index contributed by atoms with van der Waals surface area (Å²) in [6, 6.07) is 14.5. The van der Waals surface area contributed by atoms with E-state index >= 15 is 0 Å². The number of ether oxygens (including phenoxy) is 1. The van der Waals surface area contributed by atoms with Gasteiger partial charge in [0.15, 0.2) is 5.75 Å². The number of benzene rings is 2. The number of rotatable bonds is 5. The molecule has 0 amide bonds. The Balaban J connectivity index is 2.03. The van der Waals surface area contributed by atoms with Crippen LogP contribution < -0.4 is 4.74 Å². The molecular weight excluding hydrogens is 320 g/mol. The fourth-order valence-electron chi connectivity index (χ4n) is 2.34. The topological polar surface area (TPSA) is 49.7 Å². The van der Waals surface area contributed by atoms with Crippen LogP contribution in [0.25, 0.3) is 10.1 Å². The molecule has 0 saturated carbocycles. The van der Waals surface area contributed by atoms with Crippen LogP contribution in [0.1, 0.15) is 17.9 Å². The first kappa shape index (κ1) is 16.3. The lowest BCUT2D eigenvalue weighted by molar-refractivity contribution is 0.229. The monoisotopic (exact) mass is 338 g/mol. The Hall–Kier alpha value is -2.56. The number of aliphatic hydroxyl groups is 1. The van der Waals surface area contributed by atoms with Gasteiger partial charge in [0, 0.05) is 10.1 Å². The van der Waals surface area contributed by atoms with E-state index in [4.69, 9.17) is 4.74 Å². The average Bonchev–Trinajstić information content (AvgIpc) is 2.96. The summed E-state index contributed by atoms with van der Waals surface area (Å²) >= 11 is 1.51. The number of phenolic OH excluding ortho intramolecular Hbond substituents is 1. The highest BCUT2D eigenvalue weighted by Crippen LogP contribution is 2.43. The number of fused-ring (bicyclic) bond motifs is 1. The molecule has 0 aliphatic heterocycles. The Morgan fingerprint density at radius 3 is 2.54 bits per heavy atom. The second-order valence-corrected chi connectivity index (χ2v) is 6.33. The fraction of sp³-hybridized carbons (Fsp3) is 0.100. The van der Waals surface area contributed by atoms with Gasteiger partial charge in [-0.15, -0.1) is 11.3 Å². The molecule has 0 bridgehead atoms. The molecule has 0 spiro atoms. The van der Waals surface area contributed by atoms with Gasteiger partial charge in [0.1, 0.15) is 17.6 Å². The van der Waals surface area contributed by atoms with Crippen molar-refractivity contribution >= 4 is 21.4 Å². The Kier molecular flexibility index (Phi) is 4.99. The van der Waals surface area contributed by atoms with Gasteiger partial charge in [-0.1, -0.05) is 36.4 Å². The van der Waals surface area contributed by atoms with E-state index in [9.17, 15) is 10.2 Å². The van der Waals surface area contributed by atoms with E-state index in [0.29, 0.717) is 11.5 Å². The van der Waals surface area contributed by atoms with Crippen LogP contribution in [0.3, 0.4) is 0 Å². The minimum Gasteiger partial charge on any atom is -0.508 e. The molecule has 0 aliphatic rings. The maximum Gasteiger partial charge on any atom is 0.152 e. The average molecular weight is 338 g/mol. The molecule has 2 N–H and O–H groups in total. The van der Waals surface area contributed by atoms with E-state index < -0.39 is 6.10 Å². The van der Waals surface area contributed by atoms with E-state index in [0.717, 1.165) is 15.0 Å². The summed E-state index contributed by atoms with van der Waals surface area (Å²) in [6.45, 7) is 1.93. The summed E-state index contributed by atoms with van der Waals surface area (Å²) < 4.78 is 7.09. The first-order valence-corrected chi connectivity index (χ1v) is 8.46. The zero-order valence-electron chi connectivity index (χ0n) is 13.2. The van der Waals surface area contributed by atoms with Crippen LogP contribution in [0, 0.1) is 0 Å². The fourth-order valence-corrected chi connectivity index (χ4v) is 3.44. The van der Waals surface area contributed by atoms with Crippen molar-refractivity contribution in [1.29, 1.82) is 0 Å². The highest BCUT2D eigenvalue weighted by atomic mass is 32.1. The van der Waals surface area contributed by atoms with Crippen LogP contribution in [-0.2, 0) is 0 Å². The third kappa shape index (κ3) is 3.50. The van der Waals surface area contributed by atoms with Crippen LogP contribution in [0.4, 0.5) is 0 Å². The lowest BCUT2D eigenvalue weighted by Crippen LogP contribution is -1.93. The van der Waals surface area contributed by atoms with E-state index in [-0.39, 0.29) is 5.75 Å². The van der Waals surface area contributed by atoms with Crippen molar-refractivity contribution in [3.63, 3.8) is 0 Å². The van der Waals surface area contributed by atoms with E-state index in [1.165, 1.54) is 11.3 Å². The standard InChI is InChI=1S/C20H18O3S/c1-2-3-4-8-17(22)20-19(16-7-5-6-9-18(16)24-20)23-15-12-10-14(21)11-13-15/h2-13,17,21-22H,1H3. The molecule has 1 unspecified atom stereocenters. The second kappa shape index (κ2) is 7.34. The largest absolute Gasteiger partial charge is 0.508 e. The third-order valence-electron chi connectivity index (χ3n) is 3.50. The predicted octanol–water partition coefficient (Wildman–Crippen LogP) is 5.56. The number of phenols is 1. The van der Waals surface area contributed by atoms with Gasteiger partial charge < -0.3 is 14.9 Å².